The van der Waals surface area contributed by atoms with E-state index < -0.39 is 0 Å². The van der Waals surface area contributed by atoms with Gasteiger partial charge in [-0.2, -0.15) is 0 Å². The second-order valence-electron chi connectivity index (χ2n) is 5.16. The van der Waals surface area contributed by atoms with Gasteiger partial charge in [0.15, 0.2) is 10.4 Å². The van der Waals surface area contributed by atoms with Crippen molar-refractivity contribution in [2.75, 3.05) is 45.8 Å². The maximum atomic E-state index is 12.5. The molecule has 0 saturated carbocycles. The Balaban J connectivity index is 1.69. The lowest BCUT2D eigenvalue weighted by atomic mass is 10.3. The molecule has 114 valence electrons. The molecule has 0 aliphatic carbocycles. The van der Waals surface area contributed by atoms with Gasteiger partial charge in [-0.3, -0.25) is 14.7 Å². The van der Waals surface area contributed by atoms with Crippen LogP contribution in [-0.2, 0) is 0 Å². The summed E-state index contributed by atoms with van der Waals surface area (Å²) in [5, 5.41) is 0. The highest BCUT2D eigenvalue weighted by molar-refractivity contribution is 9.10. The van der Waals surface area contributed by atoms with E-state index in [1.807, 2.05) is 0 Å². The molecule has 0 spiro atoms. The normalized spacial score (nSPS) is 20.0. The average molecular weight is 355 g/mol. The van der Waals surface area contributed by atoms with Gasteiger partial charge in [-0.15, -0.1) is 0 Å². The number of piperazine rings is 1. The Morgan fingerprint density at radius 1 is 1.29 bits per heavy atom. The molecule has 3 rings (SSSR count). The van der Waals surface area contributed by atoms with Crippen molar-refractivity contribution in [2.24, 2.45) is 4.99 Å². The first-order valence-electron chi connectivity index (χ1n) is 7.28. The molecule has 1 amide bonds. The molecule has 2 aliphatic heterocycles. The maximum Gasteiger partial charge on any atom is 0.296 e. The SMILES string of the molecule is CCN1CCN(C2=NCCN2C(=O)c2ccc(Br)o2)CC1. The van der Waals surface area contributed by atoms with Crippen LogP contribution in [0.4, 0.5) is 0 Å². The minimum Gasteiger partial charge on any atom is -0.444 e. The molecular weight excluding hydrogens is 336 g/mol. The second kappa shape index (κ2) is 6.19. The number of amides is 1. The molecule has 0 N–H and O–H groups in total. The third-order valence-corrected chi connectivity index (χ3v) is 4.38. The summed E-state index contributed by atoms with van der Waals surface area (Å²) < 4.78 is 5.94. The first kappa shape index (κ1) is 14.6. The fraction of sp³-hybridized carbons (Fsp3) is 0.571. The Morgan fingerprint density at radius 2 is 2.05 bits per heavy atom. The Morgan fingerprint density at radius 3 is 2.67 bits per heavy atom. The molecule has 21 heavy (non-hydrogen) atoms. The Kier molecular flexibility index (Phi) is 4.30. The maximum absolute atomic E-state index is 12.5. The van der Waals surface area contributed by atoms with Crippen LogP contribution in [-0.4, -0.2) is 72.4 Å². The first-order chi connectivity index (χ1) is 10.2. The number of rotatable bonds is 2. The van der Waals surface area contributed by atoms with Crippen molar-refractivity contribution < 1.29 is 9.21 Å². The van der Waals surface area contributed by atoms with Gasteiger partial charge in [0, 0.05) is 32.7 Å². The molecule has 2 aliphatic rings. The van der Waals surface area contributed by atoms with Gasteiger partial charge < -0.3 is 14.2 Å². The van der Waals surface area contributed by atoms with E-state index in [0.29, 0.717) is 23.5 Å². The molecular formula is C14H19BrN4O2. The van der Waals surface area contributed by atoms with Gasteiger partial charge in [0.1, 0.15) is 0 Å². The van der Waals surface area contributed by atoms with Crippen molar-refractivity contribution in [3.05, 3.63) is 22.6 Å². The molecule has 1 saturated heterocycles. The van der Waals surface area contributed by atoms with E-state index in [1.165, 1.54) is 0 Å². The van der Waals surface area contributed by atoms with Gasteiger partial charge in [-0.05, 0) is 34.6 Å². The lowest BCUT2D eigenvalue weighted by Gasteiger charge is -2.37. The van der Waals surface area contributed by atoms with Crippen molar-refractivity contribution in [1.29, 1.82) is 0 Å². The summed E-state index contributed by atoms with van der Waals surface area (Å²) in [6.45, 7) is 8.40. The van der Waals surface area contributed by atoms with Crippen LogP contribution in [0.5, 0.6) is 0 Å². The standard InChI is InChI=1S/C14H19BrN4O2/c1-2-17-7-9-18(10-8-17)14-16-5-6-19(14)13(20)11-3-4-12(15)21-11/h3-4H,2,5-10H2,1H3. The topological polar surface area (TPSA) is 52.3 Å². The van der Waals surface area contributed by atoms with Crippen LogP contribution in [0, 0.1) is 0 Å². The lowest BCUT2D eigenvalue weighted by molar-refractivity contribution is 0.0802. The minimum atomic E-state index is -0.116. The van der Waals surface area contributed by atoms with E-state index in [-0.39, 0.29) is 5.91 Å². The number of furan rings is 1. The summed E-state index contributed by atoms with van der Waals surface area (Å²) in [5.41, 5.74) is 0. The predicted molar refractivity (Wildman–Crippen MR) is 83.4 cm³/mol. The van der Waals surface area contributed by atoms with Gasteiger partial charge in [-0.25, -0.2) is 0 Å². The highest BCUT2D eigenvalue weighted by atomic mass is 79.9. The lowest BCUT2D eigenvalue weighted by Crippen LogP contribution is -2.53. The minimum absolute atomic E-state index is 0.116. The molecule has 6 nitrogen and oxygen atoms in total. The third kappa shape index (κ3) is 2.98. The van der Waals surface area contributed by atoms with Gasteiger partial charge in [-0.1, -0.05) is 6.92 Å². The van der Waals surface area contributed by atoms with Crippen molar-refractivity contribution in [3.8, 4) is 0 Å². The summed E-state index contributed by atoms with van der Waals surface area (Å²) >= 11 is 3.23. The predicted octanol–water partition coefficient (Wildman–Crippen LogP) is 1.49. The number of aliphatic imine (C=N–C) groups is 1. The van der Waals surface area contributed by atoms with Crippen LogP contribution in [0.3, 0.4) is 0 Å². The van der Waals surface area contributed by atoms with E-state index in [0.717, 1.165) is 38.7 Å². The van der Waals surface area contributed by atoms with Gasteiger partial charge in [0.2, 0.25) is 5.96 Å². The Labute approximate surface area is 132 Å². The quantitative estimate of drug-likeness (QED) is 0.807. The fourth-order valence-corrected chi connectivity index (χ4v) is 3.03. The molecule has 3 heterocycles. The second-order valence-corrected chi connectivity index (χ2v) is 5.95. The highest BCUT2D eigenvalue weighted by Gasteiger charge is 2.31. The Hall–Kier alpha value is -1.34. The number of likely N-dealkylation sites (N-methyl/N-ethyl adjacent to an activating group) is 1. The molecule has 7 heteroatoms. The zero-order valence-electron chi connectivity index (χ0n) is 12.1. The summed E-state index contributed by atoms with van der Waals surface area (Å²) in [6.07, 6.45) is 0. The van der Waals surface area contributed by atoms with Crippen LogP contribution in [0.2, 0.25) is 0 Å². The van der Waals surface area contributed by atoms with E-state index in [9.17, 15) is 4.79 Å². The van der Waals surface area contributed by atoms with E-state index >= 15 is 0 Å². The van der Waals surface area contributed by atoms with Gasteiger partial charge in [0.05, 0.1) is 6.54 Å². The van der Waals surface area contributed by atoms with Crippen LogP contribution in [0.1, 0.15) is 17.5 Å². The number of guanidine groups is 1. The van der Waals surface area contributed by atoms with Crippen LogP contribution in [0.15, 0.2) is 26.2 Å². The largest absolute Gasteiger partial charge is 0.444 e. The molecule has 0 bridgehead atoms. The molecule has 1 aromatic rings. The zero-order chi connectivity index (χ0) is 14.8. The zero-order valence-corrected chi connectivity index (χ0v) is 13.7. The van der Waals surface area contributed by atoms with E-state index in [4.69, 9.17) is 4.42 Å². The number of carbonyl (C=O) groups excluding carboxylic acids is 1. The smallest absolute Gasteiger partial charge is 0.296 e. The van der Waals surface area contributed by atoms with Gasteiger partial charge >= 0.3 is 0 Å². The number of nitrogens with zero attached hydrogens (tertiary/aromatic N) is 4. The summed E-state index contributed by atoms with van der Waals surface area (Å²) in [7, 11) is 0. The van der Waals surface area contributed by atoms with Crippen molar-refractivity contribution in [1.82, 2.24) is 14.7 Å². The van der Waals surface area contributed by atoms with E-state index in [1.54, 1.807) is 17.0 Å². The fourth-order valence-electron chi connectivity index (χ4n) is 2.72. The van der Waals surface area contributed by atoms with Crippen LogP contribution < -0.4 is 0 Å². The van der Waals surface area contributed by atoms with Gasteiger partial charge in [0.25, 0.3) is 5.91 Å². The monoisotopic (exact) mass is 354 g/mol. The number of hydrogen-bond acceptors (Lipinski definition) is 5. The molecule has 0 unspecified atom stereocenters. The van der Waals surface area contributed by atoms with Crippen molar-refractivity contribution >= 4 is 27.8 Å². The highest BCUT2D eigenvalue weighted by Crippen LogP contribution is 2.18. The molecule has 0 atom stereocenters. The first-order valence-corrected chi connectivity index (χ1v) is 8.07. The summed E-state index contributed by atoms with van der Waals surface area (Å²) in [6, 6.07) is 3.43. The third-order valence-electron chi connectivity index (χ3n) is 3.95. The summed E-state index contributed by atoms with van der Waals surface area (Å²) in [5.74, 6) is 1.03. The van der Waals surface area contributed by atoms with Crippen LogP contribution >= 0.6 is 15.9 Å². The Bertz CT molecular complexity index is 549. The van der Waals surface area contributed by atoms with Crippen molar-refractivity contribution in [3.63, 3.8) is 0 Å². The van der Waals surface area contributed by atoms with E-state index in [2.05, 4.69) is 37.6 Å². The molecule has 1 fully saturated rings. The average Bonchev–Trinajstić information content (AvgIpc) is 3.15. The molecule has 0 aromatic carbocycles. The number of halogens is 1. The van der Waals surface area contributed by atoms with Crippen molar-refractivity contribution in [2.45, 2.75) is 6.92 Å². The molecule has 0 radical (unpaired) electrons. The number of carbonyl (C=O) groups is 1. The molecule has 1 aromatic heterocycles. The number of hydrogen-bond donors (Lipinski definition) is 0. The summed E-state index contributed by atoms with van der Waals surface area (Å²) in [4.78, 5) is 23.4. The van der Waals surface area contributed by atoms with Crippen LogP contribution in [0.25, 0.3) is 0 Å².